The topological polar surface area (TPSA) is 34.1 Å². The summed E-state index contributed by atoms with van der Waals surface area (Å²) in [6.07, 6.45) is 1.34. The normalized spacial score (nSPS) is 12.2. The molecule has 0 saturated heterocycles. The van der Waals surface area contributed by atoms with E-state index in [-0.39, 0.29) is 0 Å². The molecule has 0 aromatic heterocycles. The molecule has 0 aliphatic carbocycles. The fourth-order valence-electron chi connectivity index (χ4n) is 0.197. The van der Waals surface area contributed by atoms with Gasteiger partial charge in [-0.1, -0.05) is 12.2 Å². The third-order valence-electron chi connectivity index (χ3n) is 0.515. The van der Waals surface area contributed by atoms with Gasteiger partial charge in [0.05, 0.1) is 0 Å². The van der Waals surface area contributed by atoms with Crippen LogP contribution in [0.15, 0.2) is 23.6 Å². The van der Waals surface area contributed by atoms with Crippen LogP contribution in [0, 0.1) is 0 Å². The summed E-state index contributed by atoms with van der Waals surface area (Å²) < 4.78 is 20.3. The number of hydrogen-bond acceptors (Lipinski definition) is 2. The number of hydrogen-bond donors (Lipinski definition) is 0. The second kappa shape index (κ2) is 3.03. The minimum atomic E-state index is -3.49. The maximum absolute atomic E-state index is 10.2. The molecule has 0 N–H and O–H groups in total. The molecule has 0 saturated carbocycles. The predicted octanol–water partition coefficient (Wildman–Crippen LogP) is 1.64. The van der Waals surface area contributed by atoms with Gasteiger partial charge in [0.2, 0.25) is 0 Å². The Labute approximate surface area is 59.3 Å². The highest BCUT2D eigenvalue weighted by molar-refractivity contribution is 8.16. The molecule has 0 amide bonds. The van der Waals surface area contributed by atoms with E-state index in [1.54, 1.807) is 6.92 Å². The van der Waals surface area contributed by atoms with Crippen LogP contribution in [0.1, 0.15) is 6.92 Å². The highest BCUT2D eigenvalue weighted by atomic mass is 35.7. The van der Waals surface area contributed by atoms with Crippen molar-refractivity contribution in [3.8, 4) is 0 Å². The average molecular weight is 167 g/mol. The van der Waals surface area contributed by atoms with Crippen LogP contribution in [0.5, 0.6) is 0 Å². The van der Waals surface area contributed by atoms with Crippen LogP contribution >= 0.6 is 10.7 Å². The van der Waals surface area contributed by atoms with Crippen LogP contribution in [-0.4, -0.2) is 8.42 Å². The van der Waals surface area contributed by atoms with Gasteiger partial charge in [0.15, 0.2) is 0 Å². The van der Waals surface area contributed by atoms with Crippen molar-refractivity contribution in [1.29, 1.82) is 0 Å². The zero-order chi connectivity index (χ0) is 7.49. The summed E-state index contributed by atoms with van der Waals surface area (Å²) in [6, 6.07) is 0. The van der Waals surface area contributed by atoms with E-state index in [4.69, 9.17) is 10.7 Å². The summed E-state index contributed by atoms with van der Waals surface area (Å²) in [5.74, 6) is 0. The van der Waals surface area contributed by atoms with Crippen molar-refractivity contribution in [3.63, 3.8) is 0 Å². The van der Waals surface area contributed by atoms with E-state index in [0.717, 1.165) is 5.41 Å². The second-order valence-electron chi connectivity index (χ2n) is 1.62. The molecule has 0 radical (unpaired) electrons. The highest BCUT2D eigenvalue weighted by Crippen LogP contribution is 2.00. The highest BCUT2D eigenvalue weighted by Gasteiger charge is 1.94. The van der Waals surface area contributed by atoms with Crippen molar-refractivity contribution in [1.82, 2.24) is 0 Å². The van der Waals surface area contributed by atoms with Gasteiger partial charge in [0, 0.05) is 16.1 Å². The standard InChI is InChI=1S/C5H7ClO2S/c1-5(2)3-4-9(6,7)8/h3-4H,1H2,2H3. The van der Waals surface area contributed by atoms with Crippen LogP contribution in [0.25, 0.3) is 0 Å². The van der Waals surface area contributed by atoms with Crippen LogP contribution in [0.3, 0.4) is 0 Å². The first-order valence-electron chi connectivity index (χ1n) is 2.20. The molecule has 0 spiro atoms. The molecule has 0 fully saturated rings. The molecular weight excluding hydrogens is 160 g/mol. The Bertz CT molecular complexity index is 225. The summed E-state index contributed by atoms with van der Waals surface area (Å²) in [5, 5.41) is 0.900. The molecule has 0 bridgehead atoms. The van der Waals surface area contributed by atoms with Crippen molar-refractivity contribution in [2.75, 3.05) is 0 Å². The molecule has 0 aromatic carbocycles. The van der Waals surface area contributed by atoms with Gasteiger partial charge in [0.1, 0.15) is 0 Å². The molecule has 0 rings (SSSR count). The minimum Gasteiger partial charge on any atom is -0.208 e. The van der Waals surface area contributed by atoms with Gasteiger partial charge in [0.25, 0.3) is 9.05 Å². The molecule has 52 valence electrons. The minimum absolute atomic E-state index is 0.652. The third kappa shape index (κ3) is 7.72. The lowest BCUT2D eigenvalue weighted by Crippen LogP contribution is -1.78. The lowest BCUT2D eigenvalue weighted by atomic mass is 10.4. The number of rotatable bonds is 2. The van der Waals surface area contributed by atoms with Gasteiger partial charge in [-0.25, -0.2) is 8.42 Å². The third-order valence-corrected chi connectivity index (χ3v) is 1.28. The van der Waals surface area contributed by atoms with E-state index in [1.165, 1.54) is 6.08 Å². The van der Waals surface area contributed by atoms with E-state index >= 15 is 0 Å². The van der Waals surface area contributed by atoms with Crippen molar-refractivity contribution in [2.45, 2.75) is 6.92 Å². The zero-order valence-corrected chi connectivity index (χ0v) is 6.54. The lowest BCUT2D eigenvalue weighted by Gasteiger charge is -1.81. The fourth-order valence-corrected chi connectivity index (χ4v) is 0.747. The van der Waals surface area contributed by atoms with E-state index in [0.29, 0.717) is 5.57 Å². The molecule has 0 unspecified atom stereocenters. The monoisotopic (exact) mass is 166 g/mol. The Hall–Kier alpha value is -0.280. The van der Waals surface area contributed by atoms with Gasteiger partial charge in [-0.15, -0.1) is 0 Å². The first kappa shape index (κ1) is 8.72. The van der Waals surface area contributed by atoms with E-state index in [1.807, 2.05) is 0 Å². The van der Waals surface area contributed by atoms with Crippen LogP contribution in [0.2, 0.25) is 0 Å². The van der Waals surface area contributed by atoms with Crippen LogP contribution < -0.4 is 0 Å². The largest absolute Gasteiger partial charge is 0.254 e. The summed E-state index contributed by atoms with van der Waals surface area (Å²) in [4.78, 5) is 0. The van der Waals surface area contributed by atoms with Gasteiger partial charge in [-0.2, -0.15) is 0 Å². The molecule has 0 aliphatic rings. The lowest BCUT2D eigenvalue weighted by molar-refractivity contribution is 0.617. The SMILES string of the molecule is C=C(C)C=CS(=O)(=O)Cl. The van der Waals surface area contributed by atoms with Crippen molar-refractivity contribution >= 4 is 19.7 Å². The average Bonchev–Trinajstić information content (AvgIpc) is 1.59. The van der Waals surface area contributed by atoms with Crippen LogP contribution in [-0.2, 0) is 9.05 Å². The number of halogens is 1. The second-order valence-corrected chi connectivity index (χ2v) is 4.14. The summed E-state index contributed by atoms with van der Waals surface area (Å²) in [5.41, 5.74) is 0.652. The first-order valence-corrected chi connectivity index (χ1v) is 4.57. The Kier molecular flexibility index (Phi) is 2.94. The zero-order valence-electron chi connectivity index (χ0n) is 4.96. The molecule has 0 heterocycles. The summed E-state index contributed by atoms with van der Waals surface area (Å²) in [7, 11) is 1.33. The van der Waals surface area contributed by atoms with Crippen molar-refractivity contribution in [3.05, 3.63) is 23.6 Å². The Balaban J connectivity index is 4.21. The van der Waals surface area contributed by atoms with Gasteiger partial charge in [-0.3, -0.25) is 0 Å². The maximum Gasteiger partial charge on any atom is 0.254 e. The predicted molar refractivity (Wildman–Crippen MR) is 38.7 cm³/mol. The van der Waals surface area contributed by atoms with Crippen molar-refractivity contribution < 1.29 is 8.42 Å². The maximum atomic E-state index is 10.2. The fraction of sp³-hybridized carbons (Fsp3) is 0.200. The molecule has 9 heavy (non-hydrogen) atoms. The molecule has 4 heteroatoms. The molecular formula is C5H7ClO2S. The van der Waals surface area contributed by atoms with E-state index in [9.17, 15) is 8.42 Å². The van der Waals surface area contributed by atoms with Gasteiger partial charge >= 0.3 is 0 Å². The molecule has 0 aromatic rings. The van der Waals surface area contributed by atoms with Crippen LogP contribution in [0.4, 0.5) is 0 Å². The first-order chi connectivity index (χ1) is 3.92. The Morgan fingerprint density at radius 1 is 1.67 bits per heavy atom. The van der Waals surface area contributed by atoms with Gasteiger partial charge in [-0.05, 0) is 13.0 Å². The van der Waals surface area contributed by atoms with E-state index in [2.05, 4.69) is 6.58 Å². The quantitative estimate of drug-likeness (QED) is 0.462. The smallest absolute Gasteiger partial charge is 0.208 e. The summed E-state index contributed by atoms with van der Waals surface area (Å²) in [6.45, 7) is 5.13. The van der Waals surface area contributed by atoms with Gasteiger partial charge < -0.3 is 0 Å². The van der Waals surface area contributed by atoms with E-state index < -0.39 is 9.05 Å². The Morgan fingerprint density at radius 3 is 2.22 bits per heavy atom. The number of allylic oxidation sites excluding steroid dienone is 2. The molecule has 0 aliphatic heterocycles. The van der Waals surface area contributed by atoms with Crippen molar-refractivity contribution in [2.24, 2.45) is 0 Å². The molecule has 0 atom stereocenters. The molecule has 2 nitrogen and oxygen atoms in total. The Morgan fingerprint density at radius 2 is 2.11 bits per heavy atom. The summed E-state index contributed by atoms with van der Waals surface area (Å²) >= 11 is 0.